The van der Waals surface area contributed by atoms with E-state index in [1.54, 1.807) is 24.3 Å². The average molecular weight is 284 g/mol. The van der Waals surface area contributed by atoms with E-state index in [2.05, 4.69) is 0 Å². The van der Waals surface area contributed by atoms with Crippen molar-refractivity contribution >= 4 is 34.8 Å². The van der Waals surface area contributed by atoms with Crippen molar-refractivity contribution < 1.29 is 9.84 Å². The standard InChI is InChI=1S/C11H13Cl3O2/c1-7(2)16-9-6-4-3-5-8(9)10(15)11(12,13)14/h3-7,10,15H,1-2H3. The third-order valence-corrected chi connectivity index (χ3v) is 2.51. The molecule has 0 saturated heterocycles. The van der Waals surface area contributed by atoms with Gasteiger partial charge in [0.1, 0.15) is 11.9 Å². The smallest absolute Gasteiger partial charge is 0.220 e. The maximum atomic E-state index is 9.87. The minimum absolute atomic E-state index is 0.0104. The van der Waals surface area contributed by atoms with E-state index in [4.69, 9.17) is 39.5 Å². The van der Waals surface area contributed by atoms with E-state index >= 15 is 0 Å². The molecule has 90 valence electrons. The van der Waals surface area contributed by atoms with Gasteiger partial charge in [0.25, 0.3) is 0 Å². The summed E-state index contributed by atoms with van der Waals surface area (Å²) < 4.78 is 3.76. The minimum Gasteiger partial charge on any atom is -0.491 e. The van der Waals surface area contributed by atoms with Crippen LogP contribution in [-0.2, 0) is 0 Å². The molecule has 0 amide bonds. The Balaban J connectivity index is 3.03. The molecule has 0 aromatic heterocycles. The second-order valence-electron chi connectivity index (χ2n) is 3.65. The summed E-state index contributed by atoms with van der Waals surface area (Å²) in [5.41, 5.74) is 0.469. The summed E-state index contributed by atoms with van der Waals surface area (Å²) in [4.78, 5) is 0. The van der Waals surface area contributed by atoms with Crippen molar-refractivity contribution in [3.63, 3.8) is 0 Å². The summed E-state index contributed by atoms with van der Waals surface area (Å²) in [5, 5.41) is 9.87. The first-order valence-electron chi connectivity index (χ1n) is 4.82. The third-order valence-electron chi connectivity index (χ3n) is 1.89. The monoisotopic (exact) mass is 282 g/mol. The normalized spacial score (nSPS) is 13.9. The molecule has 0 saturated carbocycles. The van der Waals surface area contributed by atoms with Crippen molar-refractivity contribution in [3.8, 4) is 5.75 Å². The zero-order valence-electron chi connectivity index (χ0n) is 8.95. The fourth-order valence-corrected chi connectivity index (χ4v) is 1.60. The maximum Gasteiger partial charge on any atom is 0.220 e. The summed E-state index contributed by atoms with van der Waals surface area (Å²) in [7, 11) is 0. The zero-order chi connectivity index (χ0) is 12.3. The first kappa shape index (κ1) is 13.9. The Morgan fingerprint density at radius 3 is 2.25 bits per heavy atom. The van der Waals surface area contributed by atoms with E-state index in [1.807, 2.05) is 13.8 Å². The summed E-state index contributed by atoms with van der Waals surface area (Å²) in [6.45, 7) is 3.77. The van der Waals surface area contributed by atoms with Crippen molar-refractivity contribution in [2.45, 2.75) is 29.8 Å². The predicted octanol–water partition coefficient (Wildman–Crippen LogP) is 3.88. The van der Waals surface area contributed by atoms with Crippen LogP contribution in [0, 0.1) is 0 Å². The molecule has 1 aromatic rings. The molecule has 1 unspecified atom stereocenters. The molecular weight excluding hydrogens is 270 g/mol. The number of rotatable bonds is 3. The van der Waals surface area contributed by atoms with Gasteiger partial charge in [-0.25, -0.2) is 0 Å². The van der Waals surface area contributed by atoms with Crippen molar-refractivity contribution in [1.82, 2.24) is 0 Å². The number of hydrogen-bond donors (Lipinski definition) is 1. The predicted molar refractivity (Wildman–Crippen MR) is 67.5 cm³/mol. The molecule has 1 atom stereocenters. The Morgan fingerprint density at radius 2 is 1.75 bits per heavy atom. The first-order chi connectivity index (χ1) is 7.32. The van der Waals surface area contributed by atoms with Gasteiger partial charge in [-0.15, -0.1) is 0 Å². The number of aliphatic hydroxyl groups excluding tert-OH is 1. The van der Waals surface area contributed by atoms with Crippen molar-refractivity contribution in [2.75, 3.05) is 0 Å². The van der Waals surface area contributed by atoms with Crippen molar-refractivity contribution in [3.05, 3.63) is 29.8 Å². The van der Waals surface area contributed by atoms with Crippen LogP contribution in [0.25, 0.3) is 0 Å². The van der Waals surface area contributed by atoms with E-state index in [1.165, 1.54) is 0 Å². The molecule has 16 heavy (non-hydrogen) atoms. The van der Waals surface area contributed by atoms with Crippen molar-refractivity contribution in [1.29, 1.82) is 0 Å². The van der Waals surface area contributed by atoms with E-state index in [0.717, 1.165) is 0 Å². The zero-order valence-corrected chi connectivity index (χ0v) is 11.2. The van der Waals surface area contributed by atoms with Crippen molar-refractivity contribution in [2.24, 2.45) is 0 Å². The Morgan fingerprint density at radius 1 is 1.19 bits per heavy atom. The van der Waals surface area contributed by atoms with Gasteiger partial charge >= 0.3 is 0 Å². The highest BCUT2D eigenvalue weighted by Crippen LogP contribution is 2.42. The molecule has 0 heterocycles. The molecule has 0 aliphatic rings. The lowest BCUT2D eigenvalue weighted by Crippen LogP contribution is -2.18. The molecule has 0 spiro atoms. The Bertz CT molecular complexity index is 347. The van der Waals surface area contributed by atoms with E-state index in [-0.39, 0.29) is 6.10 Å². The summed E-state index contributed by atoms with van der Waals surface area (Å²) in [6.07, 6.45) is -1.23. The number of alkyl halides is 3. The molecular formula is C11H13Cl3O2. The Labute approximate surface area is 110 Å². The van der Waals surface area contributed by atoms with Crippen LogP contribution in [0.4, 0.5) is 0 Å². The van der Waals surface area contributed by atoms with Gasteiger partial charge in [-0.2, -0.15) is 0 Å². The van der Waals surface area contributed by atoms with Gasteiger partial charge in [-0.05, 0) is 19.9 Å². The van der Waals surface area contributed by atoms with Crippen LogP contribution in [0.2, 0.25) is 0 Å². The number of aliphatic hydroxyl groups is 1. The van der Waals surface area contributed by atoms with Gasteiger partial charge in [-0.3, -0.25) is 0 Å². The molecule has 5 heteroatoms. The van der Waals surface area contributed by atoms with Crippen LogP contribution in [-0.4, -0.2) is 15.0 Å². The fourth-order valence-electron chi connectivity index (χ4n) is 1.24. The molecule has 0 bridgehead atoms. The lowest BCUT2D eigenvalue weighted by molar-refractivity contribution is 0.169. The number of ether oxygens (including phenoxy) is 1. The highest BCUT2D eigenvalue weighted by Gasteiger charge is 2.34. The quantitative estimate of drug-likeness (QED) is 0.853. The molecule has 1 rings (SSSR count). The topological polar surface area (TPSA) is 29.5 Å². The molecule has 1 N–H and O–H groups in total. The van der Waals surface area contributed by atoms with Gasteiger partial charge in [0, 0.05) is 5.56 Å². The van der Waals surface area contributed by atoms with Crippen LogP contribution in [0.1, 0.15) is 25.5 Å². The number of benzene rings is 1. The third kappa shape index (κ3) is 3.70. The molecule has 0 radical (unpaired) electrons. The summed E-state index contributed by atoms with van der Waals surface area (Å²) >= 11 is 17.0. The second-order valence-corrected chi connectivity index (χ2v) is 6.02. The Kier molecular flexibility index (Phi) is 4.74. The second kappa shape index (κ2) is 5.46. The lowest BCUT2D eigenvalue weighted by Gasteiger charge is -2.22. The maximum absolute atomic E-state index is 9.87. The molecule has 0 fully saturated rings. The van der Waals surface area contributed by atoms with Gasteiger partial charge in [0.15, 0.2) is 0 Å². The number of para-hydroxylation sites is 1. The van der Waals surface area contributed by atoms with Crippen LogP contribution in [0.15, 0.2) is 24.3 Å². The number of hydrogen-bond acceptors (Lipinski definition) is 2. The van der Waals surface area contributed by atoms with E-state index < -0.39 is 9.90 Å². The fraction of sp³-hybridized carbons (Fsp3) is 0.455. The highest BCUT2D eigenvalue weighted by atomic mass is 35.6. The summed E-state index contributed by atoms with van der Waals surface area (Å²) in [6, 6.07) is 6.95. The molecule has 2 nitrogen and oxygen atoms in total. The molecule has 0 aliphatic carbocycles. The van der Waals surface area contributed by atoms with Gasteiger partial charge in [0.2, 0.25) is 3.79 Å². The van der Waals surface area contributed by atoms with Crippen LogP contribution in [0.5, 0.6) is 5.75 Å². The van der Waals surface area contributed by atoms with E-state index in [0.29, 0.717) is 11.3 Å². The average Bonchev–Trinajstić information content (AvgIpc) is 2.15. The largest absolute Gasteiger partial charge is 0.491 e. The molecule has 1 aromatic carbocycles. The lowest BCUT2D eigenvalue weighted by atomic mass is 10.1. The van der Waals surface area contributed by atoms with Crippen LogP contribution >= 0.6 is 34.8 Å². The SMILES string of the molecule is CC(C)Oc1ccccc1C(O)C(Cl)(Cl)Cl. The minimum atomic E-state index is -1.77. The summed E-state index contributed by atoms with van der Waals surface area (Å²) in [5.74, 6) is 0.524. The molecule has 0 aliphatic heterocycles. The van der Waals surface area contributed by atoms with Gasteiger partial charge in [0.05, 0.1) is 6.10 Å². The van der Waals surface area contributed by atoms with Gasteiger partial charge < -0.3 is 9.84 Å². The van der Waals surface area contributed by atoms with E-state index in [9.17, 15) is 5.11 Å². The number of halogens is 3. The Hall–Kier alpha value is -0.150. The highest BCUT2D eigenvalue weighted by molar-refractivity contribution is 6.68. The van der Waals surface area contributed by atoms with Crippen LogP contribution in [0.3, 0.4) is 0 Å². The first-order valence-corrected chi connectivity index (χ1v) is 5.96. The van der Waals surface area contributed by atoms with Crippen LogP contribution < -0.4 is 4.74 Å². The van der Waals surface area contributed by atoms with Gasteiger partial charge in [-0.1, -0.05) is 53.0 Å².